The van der Waals surface area contributed by atoms with E-state index in [-0.39, 0.29) is 17.7 Å². The van der Waals surface area contributed by atoms with Crippen molar-refractivity contribution < 1.29 is 14.3 Å². The quantitative estimate of drug-likeness (QED) is 0.633. The summed E-state index contributed by atoms with van der Waals surface area (Å²) in [7, 11) is 1.61. The van der Waals surface area contributed by atoms with Crippen LogP contribution < -0.4 is 4.74 Å². The lowest BCUT2D eigenvalue weighted by Crippen LogP contribution is -2.28. The number of allylic oxidation sites excluding steroid dienone is 2. The molecule has 4 nitrogen and oxygen atoms in total. The van der Waals surface area contributed by atoms with Gasteiger partial charge in [0.25, 0.3) is 11.1 Å². The van der Waals surface area contributed by atoms with Gasteiger partial charge in [0, 0.05) is 0 Å². The monoisotopic (exact) mass is 299 g/mol. The van der Waals surface area contributed by atoms with Crippen molar-refractivity contribution in [2.24, 2.45) is 0 Å². The maximum atomic E-state index is 11.9. The summed E-state index contributed by atoms with van der Waals surface area (Å²) >= 11 is 0.895. The molecule has 0 radical (unpaired) electrons. The summed E-state index contributed by atoms with van der Waals surface area (Å²) in [6, 6.07) is 7.49. The van der Waals surface area contributed by atoms with E-state index in [0.717, 1.165) is 28.0 Å². The van der Waals surface area contributed by atoms with Gasteiger partial charge in [-0.1, -0.05) is 30.2 Å². The van der Waals surface area contributed by atoms with Crippen molar-refractivity contribution in [2.75, 3.05) is 13.7 Å². The molecule has 1 saturated heterocycles. The number of benzene rings is 1. The highest BCUT2D eigenvalue weighted by atomic mass is 32.2. The predicted molar refractivity (Wildman–Crippen MR) is 83.6 cm³/mol. The molecule has 5 heteroatoms. The SMILES string of the molecule is C#CCN1C(=O)S/C(=C/C=C/c2ccc(OC)cc2)C1=O. The van der Waals surface area contributed by atoms with E-state index in [4.69, 9.17) is 11.2 Å². The molecule has 0 aromatic heterocycles. The Hall–Kier alpha value is -2.45. The Labute approximate surface area is 127 Å². The van der Waals surface area contributed by atoms with Crippen LogP contribution in [0, 0.1) is 12.3 Å². The molecule has 1 aromatic rings. The van der Waals surface area contributed by atoms with Gasteiger partial charge >= 0.3 is 0 Å². The first kappa shape index (κ1) is 14.9. The van der Waals surface area contributed by atoms with Gasteiger partial charge in [-0.25, -0.2) is 0 Å². The Morgan fingerprint density at radius 1 is 1.33 bits per heavy atom. The molecular formula is C16H13NO3S. The Kier molecular flexibility index (Phi) is 4.85. The van der Waals surface area contributed by atoms with Crippen LogP contribution in [0.4, 0.5) is 4.79 Å². The number of methoxy groups -OCH3 is 1. The fourth-order valence-corrected chi connectivity index (χ4v) is 2.49. The van der Waals surface area contributed by atoms with Gasteiger partial charge in [-0.2, -0.15) is 0 Å². The van der Waals surface area contributed by atoms with Crippen molar-refractivity contribution in [1.29, 1.82) is 0 Å². The van der Waals surface area contributed by atoms with E-state index in [1.807, 2.05) is 30.3 Å². The van der Waals surface area contributed by atoms with Crippen LogP contribution in [0.1, 0.15) is 5.56 Å². The zero-order chi connectivity index (χ0) is 15.2. The highest BCUT2D eigenvalue weighted by Crippen LogP contribution is 2.30. The highest BCUT2D eigenvalue weighted by Gasteiger charge is 2.33. The van der Waals surface area contributed by atoms with Crippen LogP contribution in [-0.4, -0.2) is 29.7 Å². The Morgan fingerprint density at radius 2 is 2.05 bits per heavy atom. The standard InChI is InChI=1S/C16H13NO3S/c1-3-11-17-15(18)14(21-16(17)19)6-4-5-12-7-9-13(20-2)10-8-12/h1,4-10H,11H2,2H3/b5-4+,14-6+. The van der Waals surface area contributed by atoms with Crippen LogP contribution in [0.5, 0.6) is 5.75 Å². The van der Waals surface area contributed by atoms with E-state index in [9.17, 15) is 9.59 Å². The molecule has 21 heavy (non-hydrogen) atoms. The van der Waals surface area contributed by atoms with Crippen molar-refractivity contribution >= 4 is 29.0 Å². The number of rotatable bonds is 4. The van der Waals surface area contributed by atoms with E-state index in [1.54, 1.807) is 19.3 Å². The molecular weight excluding hydrogens is 286 g/mol. The number of amides is 2. The minimum Gasteiger partial charge on any atom is -0.497 e. The first-order valence-electron chi connectivity index (χ1n) is 6.15. The van der Waals surface area contributed by atoms with Gasteiger partial charge in [-0.05, 0) is 35.5 Å². The summed E-state index contributed by atoms with van der Waals surface area (Å²) < 4.78 is 5.07. The number of hydrogen-bond donors (Lipinski definition) is 0. The topological polar surface area (TPSA) is 46.6 Å². The summed E-state index contributed by atoms with van der Waals surface area (Å²) in [5.74, 6) is 2.73. The second-order valence-corrected chi connectivity index (χ2v) is 5.12. The number of hydrogen-bond acceptors (Lipinski definition) is 4. The molecule has 1 heterocycles. The average molecular weight is 299 g/mol. The maximum absolute atomic E-state index is 11.9. The van der Waals surface area contributed by atoms with Crippen LogP contribution in [-0.2, 0) is 4.79 Å². The lowest BCUT2D eigenvalue weighted by molar-refractivity contribution is -0.122. The molecule has 0 aliphatic carbocycles. The summed E-state index contributed by atoms with van der Waals surface area (Å²) in [6.07, 6.45) is 10.3. The van der Waals surface area contributed by atoms with Crippen LogP contribution in [0.2, 0.25) is 0 Å². The maximum Gasteiger partial charge on any atom is 0.294 e. The molecule has 2 amide bonds. The third kappa shape index (κ3) is 3.56. The summed E-state index contributed by atoms with van der Waals surface area (Å²) in [4.78, 5) is 24.9. The zero-order valence-electron chi connectivity index (χ0n) is 11.4. The first-order chi connectivity index (χ1) is 10.2. The average Bonchev–Trinajstić information content (AvgIpc) is 2.76. The highest BCUT2D eigenvalue weighted by molar-refractivity contribution is 8.18. The molecule has 1 aromatic carbocycles. The number of carbonyl (C=O) groups excluding carboxylic acids is 2. The van der Waals surface area contributed by atoms with Gasteiger partial charge in [-0.3, -0.25) is 14.5 Å². The van der Waals surface area contributed by atoms with Crippen molar-refractivity contribution in [3.05, 3.63) is 46.9 Å². The Morgan fingerprint density at radius 3 is 2.67 bits per heavy atom. The summed E-state index contributed by atoms with van der Waals surface area (Å²) in [5, 5.41) is -0.331. The van der Waals surface area contributed by atoms with Crippen molar-refractivity contribution in [1.82, 2.24) is 4.90 Å². The van der Waals surface area contributed by atoms with Gasteiger partial charge in [0.1, 0.15) is 5.75 Å². The molecule has 0 atom stereocenters. The molecule has 2 rings (SSSR count). The number of terminal acetylenes is 1. The van der Waals surface area contributed by atoms with E-state index >= 15 is 0 Å². The predicted octanol–water partition coefficient (Wildman–Crippen LogP) is 2.92. The molecule has 0 unspecified atom stereocenters. The first-order valence-corrected chi connectivity index (χ1v) is 6.97. The van der Waals surface area contributed by atoms with Crippen molar-refractivity contribution in [2.45, 2.75) is 0 Å². The molecule has 0 saturated carbocycles. The number of ether oxygens (including phenoxy) is 1. The fourth-order valence-electron chi connectivity index (χ4n) is 1.70. The van der Waals surface area contributed by atoms with Gasteiger partial charge in [0.15, 0.2) is 0 Å². The van der Waals surface area contributed by atoms with Crippen LogP contribution >= 0.6 is 11.8 Å². The van der Waals surface area contributed by atoms with Gasteiger partial charge in [-0.15, -0.1) is 6.42 Å². The molecule has 106 valence electrons. The number of carbonyl (C=O) groups is 2. The normalized spacial score (nSPS) is 16.8. The second-order valence-electron chi connectivity index (χ2n) is 4.13. The van der Waals surface area contributed by atoms with Gasteiger partial charge in [0.2, 0.25) is 0 Å². The zero-order valence-corrected chi connectivity index (χ0v) is 12.2. The molecule has 1 fully saturated rings. The molecule has 0 bridgehead atoms. The van der Waals surface area contributed by atoms with Crippen LogP contribution in [0.3, 0.4) is 0 Å². The third-order valence-corrected chi connectivity index (χ3v) is 3.70. The Bertz CT molecular complexity index is 653. The molecule has 1 aliphatic rings. The molecule has 0 N–H and O–H groups in total. The molecule has 0 spiro atoms. The minimum absolute atomic E-state index is 0.00417. The summed E-state index contributed by atoms with van der Waals surface area (Å²) in [5.41, 5.74) is 0.968. The van der Waals surface area contributed by atoms with E-state index in [0.29, 0.717) is 4.91 Å². The minimum atomic E-state index is -0.345. The molecule has 1 aliphatic heterocycles. The van der Waals surface area contributed by atoms with Crippen molar-refractivity contribution in [3.63, 3.8) is 0 Å². The summed E-state index contributed by atoms with van der Waals surface area (Å²) in [6.45, 7) is 0.00417. The lowest BCUT2D eigenvalue weighted by Gasteiger charge is -2.06. The Balaban J connectivity index is 2.07. The third-order valence-electron chi connectivity index (χ3n) is 2.78. The number of thioether (sulfide) groups is 1. The van der Waals surface area contributed by atoms with E-state index < -0.39 is 0 Å². The van der Waals surface area contributed by atoms with E-state index in [1.165, 1.54) is 0 Å². The second kappa shape index (κ2) is 6.82. The fraction of sp³-hybridized carbons (Fsp3) is 0.125. The van der Waals surface area contributed by atoms with Crippen LogP contribution in [0.25, 0.3) is 6.08 Å². The van der Waals surface area contributed by atoms with E-state index in [2.05, 4.69) is 5.92 Å². The van der Waals surface area contributed by atoms with Gasteiger partial charge < -0.3 is 4.74 Å². The largest absolute Gasteiger partial charge is 0.497 e. The number of nitrogens with zero attached hydrogens (tertiary/aromatic N) is 1. The number of imide groups is 1. The smallest absolute Gasteiger partial charge is 0.294 e. The van der Waals surface area contributed by atoms with Crippen molar-refractivity contribution in [3.8, 4) is 18.1 Å². The van der Waals surface area contributed by atoms with Crippen LogP contribution in [0.15, 0.2) is 41.3 Å². The van der Waals surface area contributed by atoms with Gasteiger partial charge in [0.05, 0.1) is 18.6 Å². The lowest BCUT2D eigenvalue weighted by atomic mass is 10.2.